The van der Waals surface area contributed by atoms with Crippen molar-refractivity contribution < 1.29 is 22.0 Å². The molecular weight excluding hydrogens is 386 g/mol. The number of nitrogens with one attached hydrogen (secondary N) is 1. The maximum atomic E-state index is 13.3. The van der Waals surface area contributed by atoms with E-state index in [1.807, 2.05) is 0 Å². The number of hydrogen-bond donors (Lipinski definition) is 1. The second-order valence-electron chi connectivity index (χ2n) is 6.88. The molecule has 2 aromatic rings. The number of carbonyl (C=O) groups is 1. The smallest absolute Gasteiger partial charge is 0.255 e. The maximum absolute atomic E-state index is 13.3. The molecule has 1 heterocycles. The molecule has 1 aliphatic rings. The van der Waals surface area contributed by atoms with E-state index in [0.717, 1.165) is 37.8 Å². The lowest BCUT2D eigenvalue weighted by Crippen LogP contribution is -2.32. The molecule has 0 radical (unpaired) electrons. The molecule has 28 heavy (non-hydrogen) atoms. The molecule has 0 bridgehead atoms. The van der Waals surface area contributed by atoms with E-state index in [1.165, 1.54) is 22.5 Å². The zero-order chi connectivity index (χ0) is 20.3. The van der Waals surface area contributed by atoms with Crippen molar-refractivity contribution in [3.05, 3.63) is 59.2 Å². The molecule has 150 valence electrons. The van der Waals surface area contributed by atoms with Crippen LogP contribution >= 0.6 is 0 Å². The van der Waals surface area contributed by atoms with E-state index in [9.17, 15) is 22.0 Å². The van der Waals surface area contributed by atoms with Crippen molar-refractivity contribution in [2.45, 2.75) is 37.5 Å². The molecule has 0 atom stereocenters. The number of rotatable bonds is 4. The Morgan fingerprint density at radius 3 is 2.29 bits per heavy atom. The Hall–Kier alpha value is -2.32. The highest BCUT2D eigenvalue weighted by atomic mass is 32.2. The monoisotopic (exact) mass is 408 g/mol. The van der Waals surface area contributed by atoms with Gasteiger partial charge in [0.15, 0.2) is 11.6 Å². The molecule has 0 aromatic heterocycles. The lowest BCUT2D eigenvalue weighted by molar-refractivity contribution is 0.102. The fourth-order valence-corrected chi connectivity index (χ4v) is 4.99. The van der Waals surface area contributed by atoms with Gasteiger partial charge in [-0.15, -0.1) is 0 Å². The highest BCUT2D eigenvalue weighted by Crippen LogP contribution is 2.25. The summed E-state index contributed by atoms with van der Waals surface area (Å²) < 4.78 is 54.0. The topological polar surface area (TPSA) is 66.5 Å². The number of amides is 1. The molecule has 0 aliphatic carbocycles. The first-order chi connectivity index (χ1) is 13.3. The standard InChI is InChI=1S/C20H22F2N2O3S/c1-14-6-7-15(20(25)23-16-8-9-17(21)18(22)13-16)12-19(14)28(26,27)24-10-4-2-3-5-11-24/h6-9,12-13H,2-5,10-11H2,1H3,(H,23,25). The molecule has 0 saturated carbocycles. The third kappa shape index (κ3) is 4.39. The van der Waals surface area contributed by atoms with Gasteiger partial charge in [-0.3, -0.25) is 4.79 Å². The van der Waals surface area contributed by atoms with E-state index in [1.54, 1.807) is 13.0 Å². The Morgan fingerprint density at radius 1 is 0.964 bits per heavy atom. The van der Waals surface area contributed by atoms with E-state index in [2.05, 4.69) is 5.32 Å². The van der Waals surface area contributed by atoms with Gasteiger partial charge in [0.2, 0.25) is 10.0 Å². The van der Waals surface area contributed by atoms with Crippen LogP contribution in [0.3, 0.4) is 0 Å². The molecule has 0 spiro atoms. The Labute approximate surface area is 163 Å². The van der Waals surface area contributed by atoms with Gasteiger partial charge in [0.25, 0.3) is 5.91 Å². The van der Waals surface area contributed by atoms with Crippen LogP contribution in [0.2, 0.25) is 0 Å². The van der Waals surface area contributed by atoms with E-state index >= 15 is 0 Å². The molecule has 1 fully saturated rings. The maximum Gasteiger partial charge on any atom is 0.255 e. The number of nitrogens with zero attached hydrogens (tertiary/aromatic N) is 1. The van der Waals surface area contributed by atoms with Gasteiger partial charge >= 0.3 is 0 Å². The van der Waals surface area contributed by atoms with E-state index < -0.39 is 27.6 Å². The predicted octanol–water partition coefficient (Wildman–Crippen LogP) is 4.09. The molecule has 1 saturated heterocycles. The number of carbonyl (C=O) groups excluding carboxylic acids is 1. The minimum atomic E-state index is -3.71. The van der Waals surface area contributed by atoms with Crippen LogP contribution in [-0.4, -0.2) is 31.7 Å². The van der Waals surface area contributed by atoms with E-state index in [4.69, 9.17) is 0 Å². The molecule has 1 aliphatic heterocycles. The number of halogens is 2. The molecule has 0 unspecified atom stereocenters. The number of benzene rings is 2. The number of sulfonamides is 1. The zero-order valence-electron chi connectivity index (χ0n) is 15.5. The summed E-state index contributed by atoms with van der Waals surface area (Å²) in [5.74, 6) is -2.69. The molecule has 3 rings (SSSR count). The number of anilines is 1. The molecule has 1 N–H and O–H groups in total. The van der Waals surface area contributed by atoms with Gasteiger partial charge in [-0.2, -0.15) is 4.31 Å². The van der Waals surface area contributed by atoms with Crippen LogP contribution in [0.15, 0.2) is 41.3 Å². The van der Waals surface area contributed by atoms with E-state index in [0.29, 0.717) is 18.7 Å². The Morgan fingerprint density at radius 2 is 1.64 bits per heavy atom. The lowest BCUT2D eigenvalue weighted by Gasteiger charge is -2.21. The minimum absolute atomic E-state index is 0.0846. The summed E-state index contributed by atoms with van der Waals surface area (Å²) in [7, 11) is -3.71. The van der Waals surface area contributed by atoms with Crippen molar-refractivity contribution >= 4 is 21.6 Å². The summed E-state index contributed by atoms with van der Waals surface area (Å²) in [5, 5.41) is 2.46. The van der Waals surface area contributed by atoms with Crippen LogP contribution in [0.1, 0.15) is 41.6 Å². The predicted molar refractivity (Wildman–Crippen MR) is 103 cm³/mol. The van der Waals surface area contributed by atoms with Crippen LogP contribution in [0.25, 0.3) is 0 Å². The fraction of sp³-hybridized carbons (Fsp3) is 0.350. The highest BCUT2D eigenvalue weighted by molar-refractivity contribution is 7.89. The van der Waals surface area contributed by atoms with Gasteiger partial charge in [0.1, 0.15) is 0 Å². The summed E-state index contributed by atoms with van der Waals surface area (Å²) in [5.41, 5.74) is 0.763. The first-order valence-electron chi connectivity index (χ1n) is 9.16. The van der Waals surface area contributed by atoms with Crippen molar-refractivity contribution in [3.63, 3.8) is 0 Å². The van der Waals surface area contributed by atoms with Gasteiger partial charge in [0.05, 0.1) is 4.90 Å². The van der Waals surface area contributed by atoms with Gasteiger partial charge in [-0.05, 0) is 49.6 Å². The van der Waals surface area contributed by atoms with Crippen LogP contribution in [0.4, 0.5) is 14.5 Å². The van der Waals surface area contributed by atoms with Gasteiger partial charge in [0, 0.05) is 30.4 Å². The van der Waals surface area contributed by atoms with Gasteiger partial charge in [-0.25, -0.2) is 17.2 Å². The summed E-state index contributed by atoms with van der Waals surface area (Å²) >= 11 is 0. The SMILES string of the molecule is Cc1ccc(C(=O)Nc2ccc(F)c(F)c2)cc1S(=O)(=O)N1CCCCCC1. The highest BCUT2D eigenvalue weighted by Gasteiger charge is 2.27. The van der Waals surface area contributed by atoms with Crippen LogP contribution in [-0.2, 0) is 10.0 Å². The Bertz CT molecular complexity index is 985. The van der Waals surface area contributed by atoms with Crippen molar-refractivity contribution in [1.82, 2.24) is 4.31 Å². The summed E-state index contributed by atoms with van der Waals surface area (Å²) in [6.45, 7) is 2.61. The molecule has 1 amide bonds. The normalized spacial score (nSPS) is 15.8. The van der Waals surface area contributed by atoms with Crippen LogP contribution in [0, 0.1) is 18.6 Å². The average molecular weight is 408 g/mol. The van der Waals surface area contributed by atoms with Crippen LogP contribution in [0.5, 0.6) is 0 Å². The summed E-state index contributed by atoms with van der Waals surface area (Å²) in [6.07, 6.45) is 3.63. The van der Waals surface area contributed by atoms with Crippen molar-refractivity contribution in [2.24, 2.45) is 0 Å². The van der Waals surface area contributed by atoms with Gasteiger partial charge in [-0.1, -0.05) is 18.9 Å². The van der Waals surface area contributed by atoms with Crippen molar-refractivity contribution in [3.8, 4) is 0 Å². The first-order valence-corrected chi connectivity index (χ1v) is 10.6. The second-order valence-corrected chi connectivity index (χ2v) is 8.79. The zero-order valence-corrected chi connectivity index (χ0v) is 16.4. The minimum Gasteiger partial charge on any atom is -0.322 e. The lowest BCUT2D eigenvalue weighted by atomic mass is 10.1. The Balaban J connectivity index is 1.87. The van der Waals surface area contributed by atoms with Crippen molar-refractivity contribution in [2.75, 3.05) is 18.4 Å². The number of aryl methyl sites for hydroxylation is 1. The Kier molecular flexibility index (Phi) is 6.10. The average Bonchev–Trinajstić information content (AvgIpc) is 2.95. The van der Waals surface area contributed by atoms with Crippen molar-refractivity contribution in [1.29, 1.82) is 0 Å². The molecule has 8 heteroatoms. The largest absolute Gasteiger partial charge is 0.322 e. The second kappa shape index (κ2) is 8.36. The molecular formula is C20H22F2N2O3S. The summed E-state index contributed by atoms with van der Waals surface area (Å²) in [6, 6.07) is 7.44. The number of hydrogen-bond acceptors (Lipinski definition) is 3. The van der Waals surface area contributed by atoms with E-state index in [-0.39, 0.29) is 16.1 Å². The van der Waals surface area contributed by atoms with Crippen LogP contribution < -0.4 is 5.32 Å². The molecule has 2 aromatic carbocycles. The quantitative estimate of drug-likeness (QED) is 0.829. The third-order valence-corrected chi connectivity index (χ3v) is 6.85. The molecule has 5 nitrogen and oxygen atoms in total. The van der Waals surface area contributed by atoms with Gasteiger partial charge < -0.3 is 5.32 Å². The first kappa shape index (κ1) is 20.4. The fourth-order valence-electron chi connectivity index (χ4n) is 3.22. The third-order valence-electron chi connectivity index (χ3n) is 4.81. The summed E-state index contributed by atoms with van der Waals surface area (Å²) in [4.78, 5) is 12.6.